The highest BCUT2D eigenvalue weighted by Gasteiger charge is 2.22. The Morgan fingerprint density at radius 1 is 1.48 bits per heavy atom. The van der Waals surface area contributed by atoms with Crippen LogP contribution in [0.3, 0.4) is 0 Å². The van der Waals surface area contributed by atoms with Gasteiger partial charge in [0.1, 0.15) is 23.7 Å². The van der Waals surface area contributed by atoms with Gasteiger partial charge in [0.25, 0.3) is 0 Å². The van der Waals surface area contributed by atoms with E-state index in [9.17, 15) is 9.65 Å². The minimum Gasteiger partial charge on any atom is -0.484 e. The van der Waals surface area contributed by atoms with Crippen LogP contribution in [0.15, 0.2) is 33.4 Å². The van der Waals surface area contributed by atoms with E-state index in [1.807, 2.05) is 22.9 Å². The maximum absolute atomic E-state index is 13.6. The predicted octanol–water partition coefficient (Wildman–Crippen LogP) is 4.78. The fraction of sp³-hybridized carbons (Fsp3) is 0.353. The van der Waals surface area contributed by atoms with Crippen molar-refractivity contribution in [1.29, 1.82) is 5.26 Å². The van der Waals surface area contributed by atoms with E-state index in [-0.39, 0.29) is 11.7 Å². The summed E-state index contributed by atoms with van der Waals surface area (Å²) in [5, 5.41) is 16.7. The van der Waals surface area contributed by atoms with E-state index in [0.717, 1.165) is 18.5 Å². The molecule has 3 nitrogen and oxygen atoms in total. The van der Waals surface area contributed by atoms with Gasteiger partial charge in [-0.25, -0.2) is 4.39 Å². The number of nitriles is 1. The van der Waals surface area contributed by atoms with Crippen molar-refractivity contribution in [3.8, 4) is 11.8 Å². The Balaban J connectivity index is 1.77. The minimum absolute atomic E-state index is 0.156. The SMILES string of the molecule is N#Cc1cc(F)c(Br)cc1O[C@H](CCNC1CC1)c1ccsc1. The number of benzene rings is 1. The number of hydrogen-bond donors (Lipinski definition) is 1. The highest BCUT2D eigenvalue weighted by molar-refractivity contribution is 9.10. The summed E-state index contributed by atoms with van der Waals surface area (Å²) in [5.41, 5.74) is 1.29. The molecule has 1 aliphatic carbocycles. The molecule has 1 heterocycles. The lowest BCUT2D eigenvalue weighted by Gasteiger charge is -2.20. The van der Waals surface area contributed by atoms with Gasteiger partial charge in [-0.1, -0.05) is 0 Å². The van der Waals surface area contributed by atoms with Gasteiger partial charge in [-0.05, 0) is 64.3 Å². The number of ether oxygens (including phenoxy) is 1. The van der Waals surface area contributed by atoms with E-state index in [2.05, 4.69) is 21.2 Å². The summed E-state index contributed by atoms with van der Waals surface area (Å²) in [6, 6.07) is 7.40. The Hall–Kier alpha value is -1.42. The molecule has 1 atom stereocenters. The minimum atomic E-state index is -0.462. The van der Waals surface area contributed by atoms with Crippen molar-refractivity contribution in [2.45, 2.75) is 31.4 Å². The summed E-state index contributed by atoms with van der Waals surface area (Å²) in [4.78, 5) is 0. The Kier molecular flexibility index (Phi) is 5.31. The van der Waals surface area contributed by atoms with Crippen LogP contribution in [-0.4, -0.2) is 12.6 Å². The zero-order chi connectivity index (χ0) is 16.2. The lowest BCUT2D eigenvalue weighted by Crippen LogP contribution is -2.21. The Morgan fingerprint density at radius 2 is 2.30 bits per heavy atom. The predicted molar refractivity (Wildman–Crippen MR) is 92.1 cm³/mol. The quantitative estimate of drug-likeness (QED) is 0.734. The zero-order valence-electron chi connectivity index (χ0n) is 12.4. The first kappa shape index (κ1) is 16.4. The van der Waals surface area contributed by atoms with Crippen molar-refractivity contribution in [2.24, 2.45) is 0 Å². The van der Waals surface area contributed by atoms with Crippen LogP contribution in [0.1, 0.15) is 36.5 Å². The highest BCUT2D eigenvalue weighted by Crippen LogP contribution is 2.32. The van der Waals surface area contributed by atoms with Gasteiger partial charge in [0.2, 0.25) is 0 Å². The largest absolute Gasteiger partial charge is 0.484 e. The molecule has 2 aromatic rings. The molecule has 0 unspecified atom stereocenters. The summed E-state index contributed by atoms with van der Waals surface area (Å²) in [6.45, 7) is 0.857. The molecule has 0 radical (unpaired) electrons. The van der Waals surface area contributed by atoms with Crippen LogP contribution >= 0.6 is 27.3 Å². The van der Waals surface area contributed by atoms with Crippen LogP contribution in [0.2, 0.25) is 0 Å². The fourth-order valence-corrected chi connectivity index (χ4v) is 3.35. The Bertz CT molecular complexity index is 710. The van der Waals surface area contributed by atoms with Crippen molar-refractivity contribution in [2.75, 3.05) is 6.54 Å². The number of nitrogens with one attached hydrogen (secondary N) is 1. The van der Waals surface area contributed by atoms with Gasteiger partial charge in [0.15, 0.2) is 0 Å². The molecule has 120 valence electrons. The number of hydrogen-bond acceptors (Lipinski definition) is 4. The molecule has 1 aliphatic rings. The summed E-state index contributed by atoms with van der Waals surface area (Å²) in [7, 11) is 0. The monoisotopic (exact) mass is 394 g/mol. The van der Waals surface area contributed by atoms with E-state index in [1.165, 1.54) is 25.0 Å². The molecule has 0 spiro atoms. The number of rotatable bonds is 7. The average Bonchev–Trinajstić information content (AvgIpc) is 3.20. The lowest BCUT2D eigenvalue weighted by atomic mass is 10.1. The second-order valence-corrected chi connectivity index (χ2v) is 7.19. The molecule has 1 aromatic carbocycles. The van der Waals surface area contributed by atoms with Gasteiger partial charge in [-0.3, -0.25) is 0 Å². The van der Waals surface area contributed by atoms with E-state index in [0.29, 0.717) is 16.3 Å². The van der Waals surface area contributed by atoms with Crippen LogP contribution in [0, 0.1) is 17.1 Å². The molecule has 1 aromatic heterocycles. The first-order chi connectivity index (χ1) is 11.2. The third kappa shape index (κ3) is 4.31. The molecule has 0 aliphatic heterocycles. The highest BCUT2D eigenvalue weighted by atomic mass is 79.9. The van der Waals surface area contributed by atoms with Crippen LogP contribution in [0.5, 0.6) is 5.75 Å². The standard InChI is InChI=1S/C17H16BrFN2OS/c18-14-8-17(12(9-20)7-15(14)19)22-16(11-4-6-23-10-11)3-5-21-13-1-2-13/h4,6-8,10,13,16,21H,1-3,5H2/t16-/m1/s1. The third-order valence-corrected chi connectivity index (χ3v) is 5.05. The second-order valence-electron chi connectivity index (χ2n) is 5.55. The van der Waals surface area contributed by atoms with Gasteiger partial charge < -0.3 is 10.1 Å². The first-order valence-electron chi connectivity index (χ1n) is 7.48. The fourth-order valence-electron chi connectivity index (χ4n) is 2.32. The van der Waals surface area contributed by atoms with Crippen molar-refractivity contribution < 1.29 is 9.13 Å². The van der Waals surface area contributed by atoms with Crippen LogP contribution in [0.25, 0.3) is 0 Å². The van der Waals surface area contributed by atoms with E-state index in [1.54, 1.807) is 11.3 Å². The molecule has 1 fully saturated rings. The third-order valence-electron chi connectivity index (χ3n) is 3.74. The van der Waals surface area contributed by atoms with E-state index < -0.39 is 5.82 Å². The van der Waals surface area contributed by atoms with Crippen LogP contribution in [0.4, 0.5) is 4.39 Å². The van der Waals surface area contributed by atoms with Crippen molar-refractivity contribution >= 4 is 27.3 Å². The van der Waals surface area contributed by atoms with Gasteiger partial charge in [-0.2, -0.15) is 16.6 Å². The van der Waals surface area contributed by atoms with Gasteiger partial charge >= 0.3 is 0 Å². The van der Waals surface area contributed by atoms with Crippen LogP contribution < -0.4 is 10.1 Å². The van der Waals surface area contributed by atoms with Crippen molar-refractivity contribution in [3.05, 3.63) is 50.4 Å². The first-order valence-corrected chi connectivity index (χ1v) is 9.22. The van der Waals surface area contributed by atoms with Gasteiger partial charge in [0, 0.05) is 18.0 Å². The molecule has 6 heteroatoms. The Labute approximate surface area is 147 Å². The van der Waals surface area contributed by atoms with Gasteiger partial charge in [0.05, 0.1) is 10.0 Å². The smallest absolute Gasteiger partial charge is 0.139 e. The maximum atomic E-state index is 13.6. The summed E-state index contributed by atoms with van der Waals surface area (Å²) in [6.07, 6.45) is 3.13. The summed E-state index contributed by atoms with van der Waals surface area (Å²) >= 11 is 4.76. The Morgan fingerprint density at radius 3 is 2.96 bits per heavy atom. The van der Waals surface area contributed by atoms with E-state index in [4.69, 9.17) is 4.74 Å². The van der Waals surface area contributed by atoms with E-state index >= 15 is 0 Å². The second kappa shape index (κ2) is 7.43. The zero-order valence-corrected chi connectivity index (χ0v) is 14.8. The number of halogens is 2. The number of thiophene rings is 1. The summed E-state index contributed by atoms with van der Waals surface area (Å²) in [5.74, 6) is -0.0558. The van der Waals surface area contributed by atoms with Gasteiger partial charge in [-0.15, -0.1) is 0 Å². The molecule has 0 bridgehead atoms. The summed E-state index contributed by atoms with van der Waals surface area (Å²) < 4.78 is 20.0. The van der Waals surface area contributed by atoms with Crippen molar-refractivity contribution in [1.82, 2.24) is 5.32 Å². The average molecular weight is 395 g/mol. The van der Waals surface area contributed by atoms with Crippen LogP contribution in [-0.2, 0) is 0 Å². The molecule has 1 N–H and O–H groups in total. The molecule has 1 saturated carbocycles. The molecule has 0 saturated heterocycles. The number of nitrogens with zero attached hydrogens (tertiary/aromatic N) is 1. The molecule has 3 rings (SSSR count). The van der Waals surface area contributed by atoms with Crippen molar-refractivity contribution in [3.63, 3.8) is 0 Å². The normalized spacial score (nSPS) is 15.2. The lowest BCUT2D eigenvalue weighted by molar-refractivity contribution is 0.193. The molecule has 0 amide bonds. The maximum Gasteiger partial charge on any atom is 0.139 e. The molecular formula is C17H16BrFN2OS. The topological polar surface area (TPSA) is 45.0 Å². The molecule has 23 heavy (non-hydrogen) atoms. The molecular weight excluding hydrogens is 379 g/mol.